The molecule has 2 aromatic rings. The van der Waals surface area contributed by atoms with E-state index < -0.39 is 29.7 Å². The minimum atomic E-state index is -1.64. The first-order valence-electron chi connectivity index (χ1n) is 10.3. The first kappa shape index (κ1) is 20.8. The molecule has 0 aliphatic carbocycles. The van der Waals surface area contributed by atoms with Gasteiger partial charge in [0.05, 0.1) is 0 Å². The van der Waals surface area contributed by atoms with Gasteiger partial charge in [-0.05, 0) is 18.9 Å². The Balaban J connectivity index is 1.88. The lowest BCUT2D eigenvalue weighted by Gasteiger charge is -2.46. The van der Waals surface area contributed by atoms with E-state index in [4.69, 9.17) is 9.47 Å². The molecule has 2 atom stereocenters. The molecule has 1 aromatic heterocycles. The van der Waals surface area contributed by atoms with Gasteiger partial charge in [0.1, 0.15) is 0 Å². The van der Waals surface area contributed by atoms with Gasteiger partial charge in [-0.1, -0.05) is 38.5 Å². The maximum absolute atomic E-state index is 14.1. The number of thiophene rings is 1. The van der Waals surface area contributed by atoms with E-state index in [0.717, 1.165) is 41.5 Å². The third kappa shape index (κ3) is 3.56. The van der Waals surface area contributed by atoms with Crippen LogP contribution in [0.15, 0.2) is 41.8 Å². The van der Waals surface area contributed by atoms with Gasteiger partial charge in [-0.2, -0.15) is 0 Å². The van der Waals surface area contributed by atoms with E-state index in [1.54, 1.807) is 5.38 Å². The summed E-state index contributed by atoms with van der Waals surface area (Å²) in [5.74, 6) is -2.11. The fourth-order valence-electron chi connectivity index (χ4n) is 4.31. The molecule has 1 aromatic carbocycles. The minimum Gasteiger partial charge on any atom is -0.442 e. The standard InChI is InChI=1S/C23H25NO5S/c1-15(2)23(21(27)17-14-30-18-9-5-4-8-16(17)18)22(24-12-6-3-7-13-24)28-19(25)10-11-20(26)29-23/h4-5,8-11,14-15,22H,3,6-7,12-13H2,1-2H3/b11-10-. The van der Waals surface area contributed by atoms with Gasteiger partial charge in [-0.25, -0.2) is 9.59 Å². The number of likely N-dealkylation sites (tertiary alicyclic amines) is 1. The van der Waals surface area contributed by atoms with Crippen molar-refractivity contribution in [3.63, 3.8) is 0 Å². The number of hydrogen-bond donors (Lipinski definition) is 0. The molecule has 1 saturated heterocycles. The van der Waals surface area contributed by atoms with Crippen LogP contribution in [0.3, 0.4) is 0 Å². The zero-order chi connectivity index (χ0) is 21.3. The van der Waals surface area contributed by atoms with E-state index in [9.17, 15) is 14.4 Å². The van der Waals surface area contributed by atoms with Crippen LogP contribution in [0.5, 0.6) is 0 Å². The monoisotopic (exact) mass is 427 g/mol. The van der Waals surface area contributed by atoms with E-state index in [-0.39, 0.29) is 5.78 Å². The first-order valence-corrected chi connectivity index (χ1v) is 11.2. The number of nitrogens with zero attached hydrogens (tertiary/aromatic N) is 1. The van der Waals surface area contributed by atoms with Crippen LogP contribution in [0.25, 0.3) is 10.1 Å². The van der Waals surface area contributed by atoms with Crippen molar-refractivity contribution < 1.29 is 23.9 Å². The summed E-state index contributed by atoms with van der Waals surface area (Å²) >= 11 is 1.47. The Kier molecular flexibility index (Phi) is 5.75. The molecule has 0 saturated carbocycles. The summed E-state index contributed by atoms with van der Waals surface area (Å²) < 4.78 is 12.7. The van der Waals surface area contributed by atoms with Crippen molar-refractivity contribution in [2.24, 2.45) is 5.92 Å². The Bertz CT molecular complexity index is 1000. The summed E-state index contributed by atoms with van der Waals surface area (Å²) in [5, 5.41) is 2.61. The lowest BCUT2D eigenvalue weighted by molar-refractivity contribution is -0.205. The summed E-state index contributed by atoms with van der Waals surface area (Å²) in [7, 11) is 0. The van der Waals surface area contributed by atoms with Crippen molar-refractivity contribution in [2.45, 2.75) is 44.9 Å². The molecule has 2 unspecified atom stereocenters. The number of Topliss-reactive ketones (excluding diaryl/α,β-unsaturated/α-hetero) is 1. The average molecular weight is 428 g/mol. The highest BCUT2D eigenvalue weighted by Crippen LogP contribution is 2.39. The molecule has 3 heterocycles. The number of carbonyl (C=O) groups excluding carboxylic acids is 3. The predicted octanol–water partition coefficient (Wildman–Crippen LogP) is 3.95. The van der Waals surface area contributed by atoms with Crippen LogP contribution >= 0.6 is 11.3 Å². The number of carbonyl (C=O) groups is 3. The topological polar surface area (TPSA) is 72.9 Å². The molecule has 0 spiro atoms. The Morgan fingerprint density at radius 3 is 2.53 bits per heavy atom. The zero-order valence-corrected chi connectivity index (χ0v) is 17.9. The summed E-state index contributed by atoms with van der Waals surface area (Å²) in [5.41, 5.74) is -1.15. The van der Waals surface area contributed by atoms with E-state index in [2.05, 4.69) is 0 Å². The number of benzene rings is 1. The van der Waals surface area contributed by atoms with Gasteiger partial charge in [0, 0.05) is 52.2 Å². The fourth-order valence-corrected chi connectivity index (χ4v) is 5.25. The Hall–Kier alpha value is -2.51. The molecule has 2 aliphatic heterocycles. The number of ketones is 1. The highest BCUT2D eigenvalue weighted by Gasteiger charge is 2.57. The maximum atomic E-state index is 14.1. The third-order valence-corrected chi connectivity index (χ3v) is 6.84. The van der Waals surface area contributed by atoms with Gasteiger partial charge in [-0.15, -0.1) is 11.3 Å². The van der Waals surface area contributed by atoms with Gasteiger partial charge in [-0.3, -0.25) is 9.69 Å². The van der Waals surface area contributed by atoms with E-state index in [0.29, 0.717) is 18.7 Å². The number of esters is 2. The summed E-state index contributed by atoms with van der Waals surface area (Å²) in [6, 6.07) is 7.64. The normalized spacial score (nSPS) is 26.7. The Morgan fingerprint density at radius 1 is 1.10 bits per heavy atom. The van der Waals surface area contributed by atoms with Crippen molar-refractivity contribution >= 4 is 39.1 Å². The highest BCUT2D eigenvalue weighted by atomic mass is 32.1. The van der Waals surface area contributed by atoms with Crippen molar-refractivity contribution in [2.75, 3.05) is 13.1 Å². The molecule has 4 rings (SSSR count). The lowest BCUT2D eigenvalue weighted by Crippen LogP contribution is -2.65. The molecule has 7 heteroatoms. The van der Waals surface area contributed by atoms with Crippen LogP contribution in [0.2, 0.25) is 0 Å². The lowest BCUT2D eigenvalue weighted by atomic mass is 9.79. The quantitative estimate of drug-likeness (QED) is 0.543. The molecule has 30 heavy (non-hydrogen) atoms. The molecule has 1 fully saturated rings. The second-order valence-electron chi connectivity index (χ2n) is 8.06. The maximum Gasteiger partial charge on any atom is 0.332 e. The number of hydrogen-bond acceptors (Lipinski definition) is 7. The van der Waals surface area contributed by atoms with Gasteiger partial charge in [0.2, 0.25) is 17.6 Å². The highest BCUT2D eigenvalue weighted by molar-refractivity contribution is 7.17. The Labute approximate surface area is 179 Å². The van der Waals surface area contributed by atoms with Crippen molar-refractivity contribution in [3.8, 4) is 0 Å². The number of ether oxygens (including phenoxy) is 2. The van der Waals surface area contributed by atoms with Crippen LogP contribution in [-0.2, 0) is 19.1 Å². The van der Waals surface area contributed by atoms with Crippen LogP contribution < -0.4 is 0 Å². The van der Waals surface area contributed by atoms with Gasteiger partial charge < -0.3 is 9.47 Å². The molecule has 2 aliphatic rings. The number of cyclic esters (lactones) is 2. The van der Waals surface area contributed by atoms with Crippen LogP contribution in [0, 0.1) is 5.92 Å². The van der Waals surface area contributed by atoms with Crippen molar-refractivity contribution in [1.82, 2.24) is 4.90 Å². The number of rotatable bonds is 4. The van der Waals surface area contributed by atoms with Crippen LogP contribution in [-0.4, -0.2) is 47.5 Å². The largest absolute Gasteiger partial charge is 0.442 e. The number of fused-ring (bicyclic) bond motifs is 1. The van der Waals surface area contributed by atoms with Crippen LogP contribution in [0.1, 0.15) is 43.5 Å². The van der Waals surface area contributed by atoms with E-state index in [1.807, 2.05) is 43.0 Å². The second-order valence-corrected chi connectivity index (χ2v) is 8.97. The zero-order valence-electron chi connectivity index (χ0n) is 17.1. The molecule has 0 N–H and O–H groups in total. The molecule has 0 amide bonds. The Morgan fingerprint density at radius 2 is 1.80 bits per heavy atom. The van der Waals surface area contributed by atoms with Gasteiger partial charge in [0.15, 0.2) is 0 Å². The van der Waals surface area contributed by atoms with Crippen molar-refractivity contribution in [3.05, 3.63) is 47.4 Å². The molecular formula is C23H25NO5S. The average Bonchev–Trinajstić information content (AvgIpc) is 3.17. The summed E-state index contributed by atoms with van der Waals surface area (Å²) in [6.45, 7) is 5.00. The smallest absolute Gasteiger partial charge is 0.332 e. The van der Waals surface area contributed by atoms with E-state index >= 15 is 0 Å². The van der Waals surface area contributed by atoms with Crippen molar-refractivity contribution in [1.29, 1.82) is 0 Å². The SMILES string of the molecule is CC(C)C1(C(=O)c2csc3ccccc23)OC(=O)/C=C\C(=O)OC1N1CCCCC1. The molecule has 0 bridgehead atoms. The molecular weight excluding hydrogens is 402 g/mol. The first-order chi connectivity index (χ1) is 14.4. The minimum absolute atomic E-state index is 0.332. The van der Waals surface area contributed by atoms with Gasteiger partial charge >= 0.3 is 11.9 Å². The molecule has 158 valence electrons. The summed E-state index contributed by atoms with van der Waals surface area (Å²) in [6.07, 6.45) is 4.06. The molecule has 0 radical (unpaired) electrons. The van der Waals surface area contributed by atoms with E-state index in [1.165, 1.54) is 11.3 Å². The molecule has 6 nitrogen and oxygen atoms in total. The fraction of sp³-hybridized carbons (Fsp3) is 0.435. The summed E-state index contributed by atoms with van der Waals surface area (Å²) in [4.78, 5) is 41.1. The van der Waals surface area contributed by atoms with Crippen LogP contribution in [0.4, 0.5) is 0 Å². The van der Waals surface area contributed by atoms with Gasteiger partial charge in [0.25, 0.3) is 0 Å². The number of piperidine rings is 1. The third-order valence-electron chi connectivity index (χ3n) is 5.88. The predicted molar refractivity (Wildman–Crippen MR) is 114 cm³/mol. The second kappa shape index (κ2) is 8.32.